The number of nitrogens with two attached hydrogens (primary N) is 1. The van der Waals surface area contributed by atoms with Crippen molar-refractivity contribution < 1.29 is 52.2 Å². The Balaban J connectivity index is 2.35. The summed E-state index contributed by atoms with van der Waals surface area (Å²) in [6, 6.07) is -1.54. The Labute approximate surface area is 342 Å². The summed E-state index contributed by atoms with van der Waals surface area (Å²) in [5, 5.41) is 8.88. The Hall–Kier alpha value is -3.12. The van der Waals surface area contributed by atoms with E-state index in [2.05, 4.69) is 79.1 Å². The van der Waals surface area contributed by atoms with E-state index in [0.29, 0.717) is 31.5 Å². The number of carbonyl (C=O) groups is 3. The van der Waals surface area contributed by atoms with Gasteiger partial charge in [-0.2, -0.15) is 0 Å². The van der Waals surface area contributed by atoms with Gasteiger partial charge in [0.15, 0.2) is 6.10 Å². The molecule has 0 aromatic rings. The molecule has 0 aliphatic carbocycles. The largest absolute Gasteiger partial charge is 0.480 e. The average molecular weight is 822 g/mol. The molecule has 0 aromatic heterocycles. The number of epoxide rings is 1. The third kappa shape index (κ3) is 32.5. The number of carbonyl (C=O) groups excluding carboxylic acids is 2. The maximum Gasteiger partial charge on any atom is 0.472 e. The third-order valence-corrected chi connectivity index (χ3v) is 9.81. The van der Waals surface area contributed by atoms with E-state index >= 15 is 0 Å². The van der Waals surface area contributed by atoms with Gasteiger partial charge in [0.25, 0.3) is 0 Å². The van der Waals surface area contributed by atoms with Gasteiger partial charge in [-0.1, -0.05) is 125 Å². The highest BCUT2D eigenvalue weighted by atomic mass is 31.2. The zero-order chi connectivity index (χ0) is 41.8. The molecule has 5 atom stereocenters. The summed E-state index contributed by atoms with van der Waals surface area (Å²) in [7, 11) is -4.74. The zero-order valence-corrected chi connectivity index (χ0v) is 35.5. The minimum atomic E-state index is -4.74. The normalized spacial score (nSPS) is 18.0. The number of hydrogen-bond acceptors (Lipinski definition) is 10. The van der Waals surface area contributed by atoms with E-state index < -0.39 is 51.1 Å². The standard InChI is InChI=1S/C44H72NO11P/c1-3-5-7-8-9-10-11-12-13-14-15-19-22-25-29-33-42(46)52-35-38(36-53-57(50,51)54-37-39(45)44(48)49)55-43(47)34-30-26-23-20-17-16-18-21-24-28-32-41-40(56-41)31-27-6-4-2/h5,7,9-10,12-13,16,18,20,23-24,28,38-41H,3-4,6,8,11,14-15,17,19,21-22,25-27,29-37,45H2,1-2H3,(H,48,49)(H,50,51)/b7-5-,10-9-,13-12-,18-16-,23-20-,28-24-/t38-,39+,40?,41?/m1/s1. The van der Waals surface area contributed by atoms with Crippen LogP contribution in [0.25, 0.3) is 0 Å². The Morgan fingerprint density at radius 1 is 0.667 bits per heavy atom. The van der Waals surface area contributed by atoms with Crippen LogP contribution in [0, 0.1) is 0 Å². The Morgan fingerprint density at radius 3 is 1.88 bits per heavy atom. The summed E-state index contributed by atoms with van der Waals surface area (Å²) >= 11 is 0. The van der Waals surface area contributed by atoms with Crippen molar-refractivity contribution >= 4 is 25.7 Å². The van der Waals surface area contributed by atoms with Gasteiger partial charge in [-0.15, -0.1) is 0 Å². The van der Waals surface area contributed by atoms with E-state index in [1.54, 1.807) is 0 Å². The summed E-state index contributed by atoms with van der Waals surface area (Å²) in [6.45, 7) is 2.56. The molecule has 0 saturated carbocycles. The van der Waals surface area contributed by atoms with E-state index in [1.807, 2.05) is 12.2 Å². The number of aliphatic carboxylic acids is 1. The molecule has 0 aromatic carbocycles. The van der Waals surface area contributed by atoms with Gasteiger partial charge in [0, 0.05) is 12.8 Å². The lowest BCUT2D eigenvalue weighted by atomic mass is 10.1. The van der Waals surface area contributed by atoms with Crippen molar-refractivity contribution in [1.82, 2.24) is 0 Å². The fourth-order valence-electron chi connectivity index (χ4n) is 5.46. The number of ether oxygens (including phenoxy) is 3. The number of rotatable bonds is 37. The lowest BCUT2D eigenvalue weighted by molar-refractivity contribution is -0.161. The maximum atomic E-state index is 12.6. The van der Waals surface area contributed by atoms with Crippen LogP contribution in [0.15, 0.2) is 72.9 Å². The SMILES string of the molecule is CC/C=C\C/C=C\C/C=C\CCCCCCCC(=O)OC[C@H](COP(=O)(O)OC[C@H](N)C(=O)O)OC(=O)CCC/C=C\C/C=C\C/C=C\CC1OC1CCCCC. The number of esters is 2. The van der Waals surface area contributed by atoms with Crippen LogP contribution in [0.2, 0.25) is 0 Å². The van der Waals surface area contributed by atoms with Crippen LogP contribution in [-0.2, 0) is 42.2 Å². The number of phosphoric acid groups is 1. The molecule has 1 heterocycles. The third-order valence-electron chi connectivity index (χ3n) is 8.86. The number of unbranched alkanes of at least 4 members (excludes halogenated alkanes) is 8. The highest BCUT2D eigenvalue weighted by Gasteiger charge is 2.36. The first-order valence-electron chi connectivity index (χ1n) is 21.1. The molecule has 0 bridgehead atoms. The highest BCUT2D eigenvalue weighted by Crippen LogP contribution is 2.43. The highest BCUT2D eigenvalue weighted by molar-refractivity contribution is 7.47. The minimum Gasteiger partial charge on any atom is -0.480 e. The number of hydrogen-bond donors (Lipinski definition) is 3. The van der Waals surface area contributed by atoms with Crippen LogP contribution >= 0.6 is 7.82 Å². The molecule has 1 saturated heterocycles. The predicted octanol–water partition coefficient (Wildman–Crippen LogP) is 9.93. The lowest BCUT2D eigenvalue weighted by Gasteiger charge is -2.20. The van der Waals surface area contributed by atoms with Crippen LogP contribution in [0.4, 0.5) is 0 Å². The van der Waals surface area contributed by atoms with Gasteiger partial charge in [-0.25, -0.2) is 4.57 Å². The predicted molar refractivity (Wildman–Crippen MR) is 225 cm³/mol. The number of allylic oxidation sites excluding steroid dienone is 11. The molecule has 13 heteroatoms. The van der Waals surface area contributed by atoms with Crippen molar-refractivity contribution in [3.05, 3.63) is 72.9 Å². The second kappa shape index (κ2) is 34.9. The quantitative estimate of drug-likeness (QED) is 0.0177. The molecule has 0 radical (unpaired) electrons. The molecule has 4 N–H and O–H groups in total. The van der Waals surface area contributed by atoms with Crippen molar-refractivity contribution in [3.8, 4) is 0 Å². The summed E-state index contributed by atoms with van der Waals surface area (Å²) in [5.74, 6) is -2.49. The van der Waals surface area contributed by atoms with Crippen LogP contribution in [-0.4, -0.2) is 72.1 Å². The fraction of sp³-hybridized carbons (Fsp3) is 0.659. The second-order valence-electron chi connectivity index (χ2n) is 14.1. The summed E-state index contributed by atoms with van der Waals surface area (Å²) < 4.78 is 38.3. The molecular formula is C44H72NO11P. The molecule has 324 valence electrons. The number of phosphoric ester groups is 1. The minimum absolute atomic E-state index is 0.0735. The summed E-state index contributed by atoms with van der Waals surface area (Å²) in [6.07, 6.45) is 42.9. The van der Waals surface area contributed by atoms with Crippen LogP contribution in [0.1, 0.15) is 142 Å². The van der Waals surface area contributed by atoms with Gasteiger partial charge < -0.3 is 29.9 Å². The van der Waals surface area contributed by atoms with Crippen molar-refractivity contribution in [2.45, 2.75) is 167 Å². The maximum absolute atomic E-state index is 12.6. The Morgan fingerprint density at radius 2 is 1.23 bits per heavy atom. The van der Waals surface area contributed by atoms with Crippen LogP contribution in [0.5, 0.6) is 0 Å². The second-order valence-corrected chi connectivity index (χ2v) is 15.6. The van der Waals surface area contributed by atoms with Crippen molar-refractivity contribution in [1.29, 1.82) is 0 Å². The Kier molecular flexibility index (Phi) is 31.8. The van der Waals surface area contributed by atoms with E-state index in [9.17, 15) is 23.8 Å². The molecule has 1 rings (SSSR count). The number of carboxylic acids is 1. The lowest BCUT2D eigenvalue weighted by Crippen LogP contribution is -2.34. The van der Waals surface area contributed by atoms with Crippen LogP contribution < -0.4 is 5.73 Å². The molecule has 57 heavy (non-hydrogen) atoms. The van der Waals surface area contributed by atoms with Crippen molar-refractivity contribution in [3.63, 3.8) is 0 Å². The first-order valence-corrected chi connectivity index (χ1v) is 22.6. The van der Waals surface area contributed by atoms with Gasteiger partial charge in [0.1, 0.15) is 12.6 Å². The molecule has 1 aliphatic rings. The fourth-order valence-corrected chi connectivity index (χ4v) is 6.24. The molecular weight excluding hydrogens is 749 g/mol. The van der Waals surface area contributed by atoms with Crippen molar-refractivity contribution in [2.75, 3.05) is 19.8 Å². The smallest absolute Gasteiger partial charge is 0.472 e. The molecule has 1 fully saturated rings. The Bertz CT molecular complexity index is 1310. The van der Waals surface area contributed by atoms with Crippen LogP contribution in [0.3, 0.4) is 0 Å². The first kappa shape index (κ1) is 51.9. The molecule has 0 amide bonds. The first-order chi connectivity index (χ1) is 27.6. The van der Waals surface area contributed by atoms with E-state index in [4.69, 9.17) is 29.6 Å². The van der Waals surface area contributed by atoms with E-state index in [-0.39, 0.29) is 19.4 Å². The van der Waals surface area contributed by atoms with Gasteiger partial charge in [0.2, 0.25) is 0 Å². The molecule has 0 spiro atoms. The average Bonchev–Trinajstić information content (AvgIpc) is 3.94. The topological polar surface area (TPSA) is 184 Å². The van der Waals surface area contributed by atoms with Gasteiger partial charge in [-0.05, 0) is 77.0 Å². The van der Waals surface area contributed by atoms with E-state index in [1.165, 1.54) is 25.7 Å². The van der Waals surface area contributed by atoms with E-state index in [0.717, 1.165) is 70.6 Å². The molecule has 12 nitrogen and oxygen atoms in total. The van der Waals surface area contributed by atoms with Gasteiger partial charge >= 0.3 is 25.7 Å². The van der Waals surface area contributed by atoms with Gasteiger partial charge in [-0.3, -0.25) is 23.4 Å². The molecule has 1 aliphatic heterocycles. The summed E-state index contributed by atoms with van der Waals surface area (Å²) in [4.78, 5) is 45.9. The summed E-state index contributed by atoms with van der Waals surface area (Å²) in [5.41, 5.74) is 5.32. The number of carboxylic acid groups (broad SMARTS) is 1. The molecule has 3 unspecified atom stereocenters. The van der Waals surface area contributed by atoms with Gasteiger partial charge in [0.05, 0.1) is 25.4 Å². The zero-order valence-electron chi connectivity index (χ0n) is 34.6. The monoisotopic (exact) mass is 821 g/mol. The van der Waals surface area contributed by atoms with Crippen molar-refractivity contribution in [2.24, 2.45) is 5.73 Å².